The Bertz CT molecular complexity index is 253. The highest BCUT2D eigenvalue weighted by Gasteiger charge is 2.23. The molecule has 4 heteroatoms. The Hall–Kier alpha value is -0.900. The van der Waals surface area contributed by atoms with E-state index in [0.29, 0.717) is 13.0 Å². The molecule has 0 bridgehead atoms. The fourth-order valence-corrected chi connectivity index (χ4v) is 1.93. The van der Waals surface area contributed by atoms with Crippen LogP contribution in [0.4, 0.5) is 0 Å². The Labute approximate surface area is 91.2 Å². The summed E-state index contributed by atoms with van der Waals surface area (Å²) < 4.78 is 0. The van der Waals surface area contributed by atoms with Gasteiger partial charge >= 0.3 is 0 Å². The second-order valence-electron chi connectivity index (χ2n) is 4.39. The summed E-state index contributed by atoms with van der Waals surface area (Å²) in [7, 11) is 1.83. The number of rotatable bonds is 3. The number of carbonyl (C=O) groups is 2. The normalized spacial score (nSPS) is 21.3. The van der Waals surface area contributed by atoms with E-state index < -0.39 is 0 Å². The molecule has 0 aromatic heterocycles. The zero-order valence-electron chi connectivity index (χ0n) is 9.82. The standard InChI is InChI=1S/C11H20N2O2/c1-9(7-10(2)14)13-6-4-5-12(3)11(15)8-13/h9H,4-8H2,1-3H3. The maximum absolute atomic E-state index is 11.6. The molecule has 1 aliphatic heterocycles. The number of Topliss-reactive ketones (excluding diaryl/α,β-unsaturated/α-hetero) is 1. The third kappa shape index (κ3) is 3.63. The molecule has 86 valence electrons. The first kappa shape index (κ1) is 12.2. The monoisotopic (exact) mass is 212 g/mol. The molecule has 1 aliphatic rings. The van der Waals surface area contributed by atoms with Gasteiger partial charge in [-0.15, -0.1) is 0 Å². The first-order valence-corrected chi connectivity index (χ1v) is 5.48. The largest absolute Gasteiger partial charge is 0.345 e. The van der Waals surface area contributed by atoms with Crippen molar-refractivity contribution >= 4 is 11.7 Å². The number of carbonyl (C=O) groups excluding carboxylic acids is 2. The first-order chi connectivity index (χ1) is 7.00. The van der Waals surface area contributed by atoms with E-state index in [-0.39, 0.29) is 17.7 Å². The van der Waals surface area contributed by atoms with Crippen molar-refractivity contribution in [3.8, 4) is 0 Å². The summed E-state index contributed by atoms with van der Waals surface area (Å²) in [6.07, 6.45) is 1.53. The van der Waals surface area contributed by atoms with E-state index >= 15 is 0 Å². The van der Waals surface area contributed by atoms with Crippen molar-refractivity contribution in [2.75, 3.05) is 26.7 Å². The summed E-state index contributed by atoms with van der Waals surface area (Å²) in [4.78, 5) is 26.5. The summed E-state index contributed by atoms with van der Waals surface area (Å²) in [6.45, 7) is 5.79. The summed E-state index contributed by atoms with van der Waals surface area (Å²) in [5, 5.41) is 0. The van der Waals surface area contributed by atoms with Gasteiger partial charge in [-0.25, -0.2) is 0 Å². The summed E-state index contributed by atoms with van der Waals surface area (Å²) >= 11 is 0. The molecular formula is C11H20N2O2. The van der Waals surface area contributed by atoms with Crippen LogP contribution in [0.2, 0.25) is 0 Å². The van der Waals surface area contributed by atoms with Crippen molar-refractivity contribution in [1.29, 1.82) is 0 Å². The van der Waals surface area contributed by atoms with Crippen LogP contribution >= 0.6 is 0 Å². The topological polar surface area (TPSA) is 40.6 Å². The Morgan fingerprint density at radius 1 is 1.47 bits per heavy atom. The van der Waals surface area contributed by atoms with Crippen LogP contribution in [0.3, 0.4) is 0 Å². The predicted molar refractivity (Wildman–Crippen MR) is 58.6 cm³/mol. The molecule has 1 heterocycles. The van der Waals surface area contributed by atoms with Crippen LogP contribution in [0.1, 0.15) is 26.7 Å². The van der Waals surface area contributed by atoms with Crippen molar-refractivity contribution in [3.63, 3.8) is 0 Å². The van der Waals surface area contributed by atoms with Crippen LogP contribution in [-0.2, 0) is 9.59 Å². The van der Waals surface area contributed by atoms with Crippen molar-refractivity contribution in [2.24, 2.45) is 0 Å². The number of nitrogens with zero attached hydrogens (tertiary/aromatic N) is 2. The summed E-state index contributed by atoms with van der Waals surface area (Å²) in [5.41, 5.74) is 0. The van der Waals surface area contributed by atoms with Gasteiger partial charge < -0.3 is 4.90 Å². The molecule has 1 unspecified atom stereocenters. The number of likely N-dealkylation sites (N-methyl/N-ethyl adjacent to an activating group) is 1. The lowest BCUT2D eigenvalue weighted by Crippen LogP contribution is -2.40. The average Bonchev–Trinajstić information content (AvgIpc) is 2.28. The van der Waals surface area contributed by atoms with Gasteiger partial charge in [0.05, 0.1) is 6.54 Å². The maximum atomic E-state index is 11.6. The Kier molecular flexibility index (Phi) is 4.27. The van der Waals surface area contributed by atoms with Crippen LogP contribution in [-0.4, -0.2) is 54.2 Å². The van der Waals surface area contributed by atoms with Crippen molar-refractivity contribution in [3.05, 3.63) is 0 Å². The average molecular weight is 212 g/mol. The smallest absolute Gasteiger partial charge is 0.236 e. The van der Waals surface area contributed by atoms with Gasteiger partial charge in [0.15, 0.2) is 0 Å². The van der Waals surface area contributed by atoms with E-state index in [1.165, 1.54) is 0 Å². The summed E-state index contributed by atoms with van der Waals surface area (Å²) in [6, 6.07) is 0.179. The lowest BCUT2D eigenvalue weighted by Gasteiger charge is -2.25. The second-order valence-corrected chi connectivity index (χ2v) is 4.39. The predicted octanol–water partition coefficient (Wildman–Crippen LogP) is 0.518. The zero-order valence-corrected chi connectivity index (χ0v) is 9.82. The quantitative estimate of drug-likeness (QED) is 0.684. The second kappa shape index (κ2) is 5.26. The van der Waals surface area contributed by atoms with Crippen LogP contribution in [0.15, 0.2) is 0 Å². The summed E-state index contributed by atoms with van der Waals surface area (Å²) in [5.74, 6) is 0.343. The van der Waals surface area contributed by atoms with E-state index in [0.717, 1.165) is 19.5 Å². The molecule has 1 amide bonds. The lowest BCUT2D eigenvalue weighted by molar-refractivity contribution is -0.130. The molecule has 1 saturated heterocycles. The molecule has 1 atom stereocenters. The van der Waals surface area contributed by atoms with Gasteiger partial charge in [-0.05, 0) is 20.3 Å². The van der Waals surface area contributed by atoms with Gasteiger partial charge in [-0.1, -0.05) is 0 Å². The van der Waals surface area contributed by atoms with E-state index in [1.54, 1.807) is 11.8 Å². The highest BCUT2D eigenvalue weighted by molar-refractivity contribution is 5.79. The Morgan fingerprint density at radius 3 is 2.73 bits per heavy atom. The molecule has 0 aromatic carbocycles. The molecule has 15 heavy (non-hydrogen) atoms. The van der Waals surface area contributed by atoms with Crippen molar-refractivity contribution < 1.29 is 9.59 Å². The molecule has 0 radical (unpaired) electrons. The SMILES string of the molecule is CC(=O)CC(C)N1CCCN(C)C(=O)C1. The molecule has 4 nitrogen and oxygen atoms in total. The third-order valence-electron chi connectivity index (χ3n) is 2.91. The molecule has 0 aliphatic carbocycles. The van der Waals surface area contributed by atoms with Gasteiger partial charge in [0.25, 0.3) is 0 Å². The number of amides is 1. The number of hydrogen-bond donors (Lipinski definition) is 0. The molecule has 0 spiro atoms. The van der Waals surface area contributed by atoms with E-state index in [9.17, 15) is 9.59 Å². The van der Waals surface area contributed by atoms with Gasteiger partial charge in [0.1, 0.15) is 5.78 Å². The maximum Gasteiger partial charge on any atom is 0.236 e. The number of ketones is 1. The van der Waals surface area contributed by atoms with Crippen LogP contribution in [0, 0.1) is 0 Å². The highest BCUT2D eigenvalue weighted by Crippen LogP contribution is 2.09. The van der Waals surface area contributed by atoms with Crippen LogP contribution in [0.25, 0.3) is 0 Å². The fourth-order valence-electron chi connectivity index (χ4n) is 1.93. The molecule has 1 fully saturated rings. The van der Waals surface area contributed by atoms with E-state index in [2.05, 4.69) is 4.90 Å². The molecule has 1 rings (SSSR count). The fraction of sp³-hybridized carbons (Fsp3) is 0.818. The van der Waals surface area contributed by atoms with Crippen LogP contribution in [0.5, 0.6) is 0 Å². The Morgan fingerprint density at radius 2 is 2.13 bits per heavy atom. The van der Waals surface area contributed by atoms with Crippen molar-refractivity contribution in [2.45, 2.75) is 32.7 Å². The Balaban J connectivity index is 2.54. The molecule has 0 saturated carbocycles. The third-order valence-corrected chi connectivity index (χ3v) is 2.91. The van der Waals surface area contributed by atoms with Gasteiger partial charge in [0, 0.05) is 32.6 Å². The van der Waals surface area contributed by atoms with E-state index in [1.807, 2.05) is 14.0 Å². The minimum atomic E-state index is 0.155. The minimum Gasteiger partial charge on any atom is -0.345 e. The van der Waals surface area contributed by atoms with Gasteiger partial charge in [-0.2, -0.15) is 0 Å². The number of hydrogen-bond acceptors (Lipinski definition) is 3. The zero-order chi connectivity index (χ0) is 11.4. The van der Waals surface area contributed by atoms with Gasteiger partial charge in [-0.3, -0.25) is 14.5 Å². The minimum absolute atomic E-state index is 0.155. The highest BCUT2D eigenvalue weighted by atomic mass is 16.2. The van der Waals surface area contributed by atoms with Crippen LogP contribution < -0.4 is 0 Å². The van der Waals surface area contributed by atoms with E-state index in [4.69, 9.17) is 0 Å². The molecule has 0 N–H and O–H groups in total. The lowest BCUT2D eigenvalue weighted by atomic mass is 10.1. The molecular weight excluding hydrogens is 192 g/mol. The molecule has 0 aromatic rings. The van der Waals surface area contributed by atoms with Gasteiger partial charge in [0.2, 0.25) is 5.91 Å². The first-order valence-electron chi connectivity index (χ1n) is 5.48. The van der Waals surface area contributed by atoms with Crippen molar-refractivity contribution in [1.82, 2.24) is 9.80 Å².